The molecule has 0 radical (unpaired) electrons. The molecule has 4 nitrogen and oxygen atoms in total. The summed E-state index contributed by atoms with van der Waals surface area (Å²) in [5.41, 5.74) is 4.68. The van der Waals surface area contributed by atoms with Crippen LogP contribution in [0.25, 0.3) is 0 Å². The van der Waals surface area contributed by atoms with Crippen molar-refractivity contribution in [1.82, 2.24) is 4.98 Å². The summed E-state index contributed by atoms with van der Waals surface area (Å²) < 4.78 is 5.34. The van der Waals surface area contributed by atoms with Crippen LogP contribution in [0.3, 0.4) is 0 Å². The predicted molar refractivity (Wildman–Crippen MR) is 84.0 cm³/mol. The number of aryl methyl sites for hydroxylation is 2. The fourth-order valence-corrected chi connectivity index (χ4v) is 2.69. The molecular weight excluding hydrogens is 278 g/mol. The summed E-state index contributed by atoms with van der Waals surface area (Å²) in [6, 6.07) is 7.04. The van der Waals surface area contributed by atoms with Gasteiger partial charge in [-0.2, -0.15) is 0 Å². The van der Waals surface area contributed by atoms with Gasteiger partial charge in [-0.05, 0) is 62.1 Å². The summed E-state index contributed by atoms with van der Waals surface area (Å²) in [5.74, 6) is -0.448. The van der Waals surface area contributed by atoms with Crippen LogP contribution in [0.15, 0.2) is 30.5 Å². The molecule has 1 heterocycles. The SMILES string of the molecule is CC(=O)c1c(C)cc(C)c(COC(=O)c2ccccn2)c1C. The highest BCUT2D eigenvalue weighted by atomic mass is 16.5. The Morgan fingerprint density at radius 2 is 1.86 bits per heavy atom. The van der Waals surface area contributed by atoms with Gasteiger partial charge in [-0.3, -0.25) is 4.79 Å². The summed E-state index contributed by atoms with van der Waals surface area (Å²) in [5, 5.41) is 0. The molecule has 0 N–H and O–H groups in total. The number of ether oxygens (including phenoxy) is 1. The minimum absolute atomic E-state index is 0.0207. The van der Waals surface area contributed by atoms with E-state index in [2.05, 4.69) is 4.98 Å². The van der Waals surface area contributed by atoms with Gasteiger partial charge >= 0.3 is 5.97 Å². The minimum Gasteiger partial charge on any atom is -0.456 e. The number of esters is 1. The molecular formula is C18H19NO3. The Hall–Kier alpha value is -2.49. The normalized spacial score (nSPS) is 10.4. The van der Waals surface area contributed by atoms with Crippen molar-refractivity contribution in [1.29, 1.82) is 0 Å². The number of rotatable bonds is 4. The summed E-state index contributed by atoms with van der Waals surface area (Å²) >= 11 is 0. The lowest BCUT2D eigenvalue weighted by Crippen LogP contribution is -2.11. The van der Waals surface area contributed by atoms with Gasteiger partial charge in [0.15, 0.2) is 5.78 Å². The number of carbonyl (C=O) groups excluding carboxylic acids is 2. The molecule has 0 fully saturated rings. The Bertz CT molecular complexity index is 721. The first-order valence-corrected chi connectivity index (χ1v) is 7.10. The maximum absolute atomic E-state index is 12.0. The molecule has 0 bridgehead atoms. The van der Waals surface area contributed by atoms with Crippen LogP contribution in [0.5, 0.6) is 0 Å². The van der Waals surface area contributed by atoms with E-state index in [1.807, 2.05) is 26.8 Å². The first kappa shape index (κ1) is 15.9. The van der Waals surface area contributed by atoms with Crippen molar-refractivity contribution in [3.05, 3.63) is 64.0 Å². The highest BCUT2D eigenvalue weighted by molar-refractivity contribution is 5.97. The largest absolute Gasteiger partial charge is 0.456 e. The Labute approximate surface area is 130 Å². The second kappa shape index (κ2) is 6.52. The van der Waals surface area contributed by atoms with Crippen LogP contribution in [0.4, 0.5) is 0 Å². The van der Waals surface area contributed by atoms with Crippen LogP contribution in [0.2, 0.25) is 0 Å². The van der Waals surface area contributed by atoms with E-state index in [1.54, 1.807) is 31.3 Å². The molecule has 1 aromatic heterocycles. The molecule has 0 unspecified atom stereocenters. The molecule has 0 atom stereocenters. The van der Waals surface area contributed by atoms with E-state index in [4.69, 9.17) is 4.74 Å². The fraction of sp³-hybridized carbons (Fsp3) is 0.278. The lowest BCUT2D eigenvalue weighted by molar-refractivity contribution is 0.0464. The van der Waals surface area contributed by atoms with Crippen LogP contribution >= 0.6 is 0 Å². The second-order valence-electron chi connectivity index (χ2n) is 5.34. The number of Topliss-reactive ketones (excluding diaryl/α,β-unsaturated/α-hetero) is 1. The van der Waals surface area contributed by atoms with Gasteiger partial charge in [-0.25, -0.2) is 9.78 Å². The van der Waals surface area contributed by atoms with E-state index in [9.17, 15) is 9.59 Å². The number of nitrogens with zero attached hydrogens (tertiary/aromatic N) is 1. The van der Waals surface area contributed by atoms with Crippen molar-refractivity contribution < 1.29 is 14.3 Å². The molecule has 0 aliphatic rings. The van der Waals surface area contributed by atoms with Gasteiger partial charge in [0.2, 0.25) is 0 Å². The third kappa shape index (κ3) is 3.22. The van der Waals surface area contributed by atoms with Crippen LogP contribution < -0.4 is 0 Å². The van der Waals surface area contributed by atoms with Gasteiger partial charge < -0.3 is 4.74 Å². The van der Waals surface area contributed by atoms with Crippen molar-refractivity contribution in [3.8, 4) is 0 Å². The minimum atomic E-state index is -0.468. The molecule has 0 amide bonds. The van der Waals surface area contributed by atoms with Gasteiger partial charge in [0.05, 0.1) is 0 Å². The highest BCUT2D eigenvalue weighted by Crippen LogP contribution is 2.23. The third-order valence-corrected chi connectivity index (χ3v) is 3.70. The van der Waals surface area contributed by atoms with Crippen LogP contribution in [-0.2, 0) is 11.3 Å². The van der Waals surface area contributed by atoms with Crippen LogP contribution in [0, 0.1) is 20.8 Å². The molecule has 0 aliphatic carbocycles. The summed E-state index contributed by atoms with van der Waals surface area (Å²) in [6.07, 6.45) is 1.55. The second-order valence-corrected chi connectivity index (χ2v) is 5.34. The predicted octanol–water partition coefficient (Wildman–Crippen LogP) is 3.57. The molecule has 2 aromatic rings. The Balaban J connectivity index is 2.25. The zero-order valence-electron chi connectivity index (χ0n) is 13.3. The summed E-state index contributed by atoms with van der Waals surface area (Å²) in [7, 11) is 0. The fourth-order valence-electron chi connectivity index (χ4n) is 2.69. The molecule has 0 saturated heterocycles. The topological polar surface area (TPSA) is 56.3 Å². The first-order valence-electron chi connectivity index (χ1n) is 7.10. The van der Waals surface area contributed by atoms with Crippen molar-refractivity contribution in [3.63, 3.8) is 0 Å². The number of carbonyl (C=O) groups is 2. The lowest BCUT2D eigenvalue weighted by atomic mass is 9.92. The Kier molecular flexibility index (Phi) is 4.71. The number of aromatic nitrogens is 1. The smallest absolute Gasteiger partial charge is 0.357 e. The third-order valence-electron chi connectivity index (χ3n) is 3.70. The quantitative estimate of drug-likeness (QED) is 0.639. The van der Waals surface area contributed by atoms with E-state index >= 15 is 0 Å². The van der Waals surface area contributed by atoms with Crippen LogP contribution in [0.1, 0.15) is 50.0 Å². The molecule has 0 aliphatic heterocycles. The average Bonchev–Trinajstić information content (AvgIpc) is 2.46. The van der Waals surface area contributed by atoms with Crippen molar-refractivity contribution in [2.75, 3.05) is 0 Å². The maximum Gasteiger partial charge on any atom is 0.357 e. The van der Waals surface area contributed by atoms with Crippen molar-refractivity contribution >= 4 is 11.8 Å². The number of ketones is 1. The number of hydrogen-bond donors (Lipinski definition) is 0. The molecule has 114 valence electrons. The van der Waals surface area contributed by atoms with Crippen molar-refractivity contribution in [2.45, 2.75) is 34.3 Å². The molecule has 22 heavy (non-hydrogen) atoms. The van der Waals surface area contributed by atoms with Gasteiger partial charge in [0, 0.05) is 11.8 Å². The van der Waals surface area contributed by atoms with Crippen molar-refractivity contribution in [2.24, 2.45) is 0 Å². The zero-order chi connectivity index (χ0) is 16.3. The van der Waals surface area contributed by atoms with Gasteiger partial charge in [-0.1, -0.05) is 12.1 Å². The maximum atomic E-state index is 12.0. The number of benzene rings is 1. The van der Waals surface area contributed by atoms with E-state index in [-0.39, 0.29) is 18.1 Å². The summed E-state index contributed by atoms with van der Waals surface area (Å²) in [4.78, 5) is 27.7. The standard InChI is InChI=1S/C18H19NO3/c1-11-9-12(2)17(14(4)20)13(3)15(11)10-22-18(21)16-7-5-6-8-19-16/h5-9H,10H2,1-4H3. The molecule has 0 spiro atoms. The molecule has 0 saturated carbocycles. The molecule has 2 rings (SSSR count). The van der Waals surface area contributed by atoms with Crippen LogP contribution in [-0.4, -0.2) is 16.7 Å². The zero-order valence-corrected chi connectivity index (χ0v) is 13.3. The molecule has 4 heteroatoms. The van der Waals surface area contributed by atoms with Gasteiger partial charge in [0.25, 0.3) is 0 Å². The lowest BCUT2D eigenvalue weighted by Gasteiger charge is -2.15. The first-order chi connectivity index (χ1) is 10.4. The number of pyridine rings is 1. The van der Waals surface area contributed by atoms with Gasteiger partial charge in [-0.15, -0.1) is 0 Å². The van der Waals surface area contributed by atoms with E-state index in [1.165, 1.54) is 0 Å². The summed E-state index contributed by atoms with van der Waals surface area (Å²) in [6.45, 7) is 7.44. The van der Waals surface area contributed by atoms with E-state index in [0.29, 0.717) is 5.56 Å². The highest BCUT2D eigenvalue weighted by Gasteiger charge is 2.16. The average molecular weight is 297 g/mol. The van der Waals surface area contributed by atoms with E-state index < -0.39 is 5.97 Å². The number of hydrogen-bond acceptors (Lipinski definition) is 4. The van der Waals surface area contributed by atoms with E-state index in [0.717, 1.165) is 22.3 Å². The molecule has 1 aromatic carbocycles. The Morgan fingerprint density at radius 3 is 2.45 bits per heavy atom. The monoisotopic (exact) mass is 297 g/mol. The Morgan fingerprint density at radius 1 is 1.14 bits per heavy atom. The van der Waals surface area contributed by atoms with Gasteiger partial charge in [0.1, 0.15) is 12.3 Å².